The third-order valence-electron chi connectivity index (χ3n) is 2.98. The molecule has 0 fully saturated rings. The fourth-order valence-electron chi connectivity index (χ4n) is 1.85. The highest BCUT2D eigenvalue weighted by atomic mass is 16.5. The van der Waals surface area contributed by atoms with Crippen LogP contribution in [0.1, 0.15) is 29.3 Å². The van der Waals surface area contributed by atoms with Crippen LogP contribution in [0.4, 0.5) is 0 Å². The summed E-state index contributed by atoms with van der Waals surface area (Å²) >= 11 is 0. The van der Waals surface area contributed by atoms with Gasteiger partial charge in [-0.15, -0.1) is 0 Å². The summed E-state index contributed by atoms with van der Waals surface area (Å²) in [6, 6.07) is 11.0. The molecule has 2 aromatic carbocycles. The van der Waals surface area contributed by atoms with E-state index in [-0.39, 0.29) is 11.5 Å². The number of nitrogens with zero attached hydrogens (tertiary/aromatic N) is 1. The summed E-state index contributed by atoms with van der Waals surface area (Å²) in [5.41, 5.74) is 3.14. The van der Waals surface area contributed by atoms with E-state index in [2.05, 4.69) is 10.5 Å². The normalized spacial score (nSPS) is 10.7. The van der Waals surface area contributed by atoms with Crippen molar-refractivity contribution in [2.75, 3.05) is 6.61 Å². The van der Waals surface area contributed by atoms with Crippen LogP contribution >= 0.6 is 0 Å². The van der Waals surface area contributed by atoms with Gasteiger partial charge in [-0.1, -0.05) is 19.1 Å². The topological polar surface area (TPSA) is 91.2 Å². The molecular formula is C17H18N2O4. The number of phenols is 2. The van der Waals surface area contributed by atoms with Crippen molar-refractivity contribution in [1.82, 2.24) is 5.43 Å². The SMILES string of the molecule is CCCOc1ccccc1C(=O)NN=Cc1ccc(O)cc1O. The Balaban J connectivity index is 2.06. The smallest absolute Gasteiger partial charge is 0.275 e. The van der Waals surface area contributed by atoms with E-state index in [0.717, 1.165) is 6.42 Å². The first-order valence-electron chi connectivity index (χ1n) is 7.19. The number of aromatic hydroxyl groups is 2. The number of rotatable bonds is 6. The van der Waals surface area contributed by atoms with Crippen molar-refractivity contribution in [2.24, 2.45) is 5.10 Å². The molecule has 120 valence electrons. The van der Waals surface area contributed by atoms with Gasteiger partial charge < -0.3 is 14.9 Å². The Hall–Kier alpha value is -3.02. The lowest BCUT2D eigenvalue weighted by Crippen LogP contribution is -2.18. The van der Waals surface area contributed by atoms with Crippen molar-refractivity contribution < 1.29 is 19.7 Å². The predicted octanol–water partition coefficient (Wildman–Crippen LogP) is 2.65. The van der Waals surface area contributed by atoms with Gasteiger partial charge in [0.2, 0.25) is 0 Å². The molecule has 0 saturated heterocycles. The lowest BCUT2D eigenvalue weighted by atomic mass is 10.2. The van der Waals surface area contributed by atoms with E-state index in [1.807, 2.05) is 6.92 Å². The van der Waals surface area contributed by atoms with Crippen molar-refractivity contribution >= 4 is 12.1 Å². The molecule has 0 unspecified atom stereocenters. The number of carbonyl (C=O) groups is 1. The number of hydrazone groups is 1. The predicted molar refractivity (Wildman–Crippen MR) is 87.1 cm³/mol. The molecule has 2 aromatic rings. The number of ether oxygens (including phenoxy) is 1. The van der Waals surface area contributed by atoms with Gasteiger partial charge in [0, 0.05) is 11.6 Å². The third kappa shape index (κ3) is 4.47. The quantitative estimate of drug-likeness (QED) is 0.564. The van der Waals surface area contributed by atoms with Crippen LogP contribution in [0.5, 0.6) is 17.2 Å². The summed E-state index contributed by atoms with van der Waals surface area (Å²) in [6.45, 7) is 2.51. The number of phenolic OH excluding ortho intramolecular Hbond substituents is 2. The van der Waals surface area contributed by atoms with E-state index in [4.69, 9.17) is 4.74 Å². The first-order chi connectivity index (χ1) is 11.1. The van der Waals surface area contributed by atoms with E-state index < -0.39 is 5.91 Å². The highest BCUT2D eigenvalue weighted by molar-refractivity contribution is 5.97. The van der Waals surface area contributed by atoms with Gasteiger partial charge in [-0.05, 0) is 30.7 Å². The van der Waals surface area contributed by atoms with Gasteiger partial charge in [0.25, 0.3) is 5.91 Å². The highest BCUT2D eigenvalue weighted by Gasteiger charge is 2.11. The summed E-state index contributed by atoms with van der Waals surface area (Å²) in [5, 5.41) is 22.7. The van der Waals surface area contributed by atoms with Crippen molar-refractivity contribution in [3.05, 3.63) is 53.6 Å². The Bertz CT molecular complexity index is 713. The minimum atomic E-state index is -0.411. The number of hydrogen-bond donors (Lipinski definition) is 3. The highest BCUT2D eigenvalue weighted by Crippen LogP contribution is 2.21. The molecule has 0 aliphatic heterocycles. The van der Waals surface area contributed by atoms with E-state index >= 15 is 0 Å². The lowest BCUT2D eigenvalue weighted by molar-refractivity contribution is 0.0951. The molecule has 6 heteroatoms. The minimum absolute atomic E-state index is 0.0503. The van der Waals surface area contributed by atoms with Gasteiger partial charge in [-0.3, -0.25) is 4.79 Å². The number of carbonyl (C=O) groups excluding carboxylic acids is 1. The monoisotopic (exact) mass is 314 g/mol. The summed E-state index contributed by atoms with van der Waals surface area (Å²) < 4.78 is 5.52. The molecule has 6 nitrogen and oxygen atoms in total. The largest absolute Gasteiger partial charge is 0.508 e. The second-order valence-electron chi connectivity index (χ2n) is 4.79. The molecule has 0 heterocycles. The Morgan fingerprint density at radius 1 is 1.26 bits per heavy atom. The Morgan fingerprint density at radius 2 is 2.04 bits per heavy atom. The number of nitrogens with one attached hydrogen (secondary N) is 1. The first-order valence-corrected chi connectivity index (χ1v) is 7.19. The van der Waals surface area contributed by atoms with Gasteiger partial charge in [-0.25, -0.2) is 5.43 Å². The summed E-state index contributed by atoms with van der Waals surface area (Å²) in [6.07, 6.45) is 2.14. The average molecular weight is 314 g/mol. The second kappa shape index (κ2) is 7.84. The minimum Gasteiger partial charge on any atom is -0.508 e. The zero-order chi connectivity index (χ0) is 16.7. The van der Waals surface area contributed by atoms with E-state index in [1.165, 1.54) is 24.4 Å². The number of amides is 1. The maximum Gasteiger partial charge on any atom is 0.275 e. The summed E-state index contributed by atoms with van der Waals surface area (Å²) in [5.74, 6) is -0.0962. The van der Waals surface area contributed by atoms with Gasteiger partial charge in [0.15, 0.2) is 0 Å². The Morgan fingerprint density at radius 3 is 2.78 bits per heavy atom. The average Bonchev–Trinajstić information content (AvgIpc) is 2.55. The Kier molecular flexibility index (Phi) is 5.57. The van der Waals surface area contributed by atoms with E-state index in [0.29, 0.717) is 23.5 Å². The second-order valence-corrected chi connectivity index (χ2v) is 4.79. The molecular weight excluding hydrogens is 296 g/mol. The molecule has 3 N–H and O–H groups in total. The van der Waals surface area contributed by atoms with Crippen molar-refractivity contribution in [3.63, 3.8) is 0 Å². The molecule has 1 amide bonds. The maximum atomic E-state index is 12.2. The molecule has 0 aromatic heterocycles. The molecule has 0 bridgehead atoms. The van der Waals surface area contributed by atoms with Crippen molar-refractivity contribution in [2.45, 2.75) is 13.3 Å². The molecule has 0 atom stereocenters. The molecule has 0 spiro atoms. The van der Waals surface area contributed by atoms with Crippen molar-refractivity contribution in [1.29, 1.82) is 0 Å². The van der Waals surface area contributed by atoms with Crippen LogP contribution in [0, 0.1) is 0 Å². The van der Waals surface area contributed by atoms with Crippen LogP contribution in [0.3, 0.4) is 0 Å². The zero-order valence-corrected chi connectivity index (χ0v) is 12.7. The van der Waals surface area contributed by atoms with Crippen LogP contribution in [-0.4, -0.2) is 28.9 Å². The molecule has 23 heavy (non-hydrogen) atoms. The van der Waals surface area contributed by atoms with Crippen LogP contribution in [0.15, 0.2) is 47.6 Å². The maximum absolute atomic E-state index is 12.2. The van der Waals surface area contributed by atoms with Crippen LogP contribution < -0.4 is 10.2 Å². The van der Waals surface area contributed by atoms with Gasteiger partial charge in [-0.2, -0.15) is 5.10 Å². The molecule has 2 rings (SSSR count). The van der Waals surface area contributed by atoms with E-state index in [9.17, 15) is 15.0 Å². The lowest BCUT2D eigenvalue weighted by Gasteiger charge is -2.09. The number of benzene rings is 2. The Labute approximate surface area is 134 Å². The van der Waals surface area contributed by atoms with Crippen LogP contribution in [-0.2, 0) is 0 Å². The van der Waals surface area contributed by atoms with Gasteiger partial charge >= 0.3 is 0 Å². The first kappa shape index (κ1) is 16.4. The molecule has 0 aliphatic rings. The van der Waals surface area contributed by atoms with Crippen LogP contribution in [0.25, 0.3) is 0 Å². The number of hydrogen-bond acceptors (Lipinski definition) is 5. The third-order valence-corrected chi connectivity index (χ3v) is 2.98. The summed E-state index contributed by atoms with van der Waals surface area (Å²) in [7, 11) is 0. The fourth-order valence-corrected chi connectivity index (χ4v) is 1.85. The standard InChI is InChI=1S/C17H18N2O4/c1-2-9-23-16-6-4-3-5-14(16)17(22)19-18-11-12-7-8-13(20)10-15(12)21/h3-8,10-11,20-21H,2,9H2,1H3,(H,19,22). The molecule has 0 radical (unpaired) electrons. The number of para-hydroxylation sites is 1. The molecule has 0 saturated carbocycles. The fraction of sp³-hybridized carbons (Fsp3) is 0.176. The van der Waals surface area contributed by atoms with Gasteiger partial charge in [0.05, 0.1) is 18.4 Å². The molecule has 0 aliphatic carbocycles. The van der Waals surface area contributed by atoms with Crippen molar-refractivity contribution in [3.8, 4) is 17.2 Å². The van der Waals surface area contributed by atoms with E-state index in [1.54, 1.807) is 24.3 Å². The van der Waals surface area contributed by atoms with Gasteiger partial charge in [0.1, 0.15) is 17.2 Å². The summed E-state index contributed by atoms with van der Waals surface area (Å²) in [4.78, 5) is 12.2. The zero-order valence-electron chi connectivity index (χ0n) is 12.7. The van der Waals surface area contributed by atoms with Crippen LogP contribution in [0.2, 0.25) is 0 Å².